The number of nitrogens with zero attached hydrogens (tertiary/aromatic N) is 4. The Morgan fingerprint density at radius 1 is 1.00 bits per heavy atom. The second-order valence-corrected chi connectivity index (χ2v) is 8.66. The number of aromatic nitrogens is 2. The average molecular weight is 438 g/mol. The van der Waals surface area contributed by atoms with Crippen molar-refractivity contribution in [1.29, 1.82) is 0 Å². The molecule has 1 fully saturated rings. The van der Waals surface area contributed by atoms with Crippen LogP contribution < -0.4 is 10.1 Å². The number of anilines is 1. The molecule has 0 bridgehead atoms. The van der Waals surface area contributed by atoms with Gasteiger partial charge in [-0.25, -0.2) is 0 Å². The van der Waals surface area contributed by atoms with Crippen LogP contribution in [-0.4, -0.2) is 65.2 Å². The van der Waals surface area contributed by atoms with Crippen molar-refractivity contribution in [3.63, 3.8) is 0 Å². The van der Waals surface area contributed by atoms with Crippen LogP contribution >= 0.6 is 11.3 Å². The summed E-state index contributed by atoms with van der Waals surface area (Å²) in [6.45, 7) is 8.29. The largest absolute Gasteiger partial charge is 0.492 e. The van der Waals surface area contributed by atoms with Crippen molar-refractivity contribution in [2.75, 3.05) is 44.6 Å². The van der Waals surface area contributed by atoms with E-state index >= 15 is 0 Å². The number of rotatable bonds is 8. The second-order valence-electron chi connectivity index (χ2n) is 7.60. The Morgan fingerprint density at radius 2 is 1.71 bits per heavy atom. The molecule has 8 heteroatoms. The summed E-state index contributed by atoms with van der Waals surface area (Å²) in [6, 6.07) is 17.6. The predicted molar refractivity (Wildman–Crippen MR) is 123 cm³/mol. The van der Waals surface area contributed by atoms with Gasteiger partial charge < -0.3 is 10.1 Å². The third kappa shape index (κ3) is 6.33. The number of carbonyl (C=O) groups is 1. The van der Waals surface area contributed by atoms with Gasteiger partial charge in [-0.2, -0.15) is 0 Å². The summed E-state index contributed by atoms with van der Waals surface area (Å²) in [5.41, 5.74) is 1.92. The molecule has 2 aromatic carbocycles. The van der Waals surface area contributed by atoms with Crippen LogP contribution in [0, 0.1) is 6.92 Å². The Balaban J connectivity index is 1.19. The number of para-hydroxylation sites is 1. The van der Waals surface area contributed by atoms with Gasteiger partial charge in [-0.05, 0) is 31.2 Å². The molecule has 1 saturated heterocycles. The number of carbonyl (C=O) groups excluding carboxylic acids is 1. The van der Waals surface area contributed by atoms with Crippen LogP contribution in [0.25, 0.3) is 0 Å². The molecule has 0 saturated carbocycles. The maximum Gasteiger partial charge on any atom is 0.286 e. The molecule has 31 heavy (non-hydrogen) atoms. The van der Waals surface area contributed by atoms with Gasteiger partial charge in [0.05, 0.1) is 6.54 Å². The van der Waals surface area contributed by atoms with Crippen LogP contribution in [0.2, 0.25) is 0 Å². The lowest BCUT2D eigenvalue weighted by molar-refractivity contribution is 0.102. The smallest absolute Gasteiger partial charge is 0.286 e. The van der Waals surface area contributed by atoms with E-state index in [4.69, 9.17) is 4.74 Å². The summed E-state index contributed by atoms with van der Waals surface area (Å²) in [4.78, 5) is 17.2. The Kier molecular flexibility index (Phi) is 7.24. The number of hydrogen-bond donors (Lipinski definition) is 1. The van der Waals surface area contributed by atoms with Crippen molar-refractivity contribution in [1.82, 2.24) is 20.0 Å². The fourth-order valence-corrected chi connectivity index (χ4v) is 4.18. The van der Waals surface area contributed by atoms with Crippen LogP contribution in [0.4, 0.5) is 5.69 Å². The quantitative estimate of drug-likeness (QED) is 0.583. The van der Waals surface area contributed by atoms with E-state index in [0.29, 0.717) is 11.6 Å². The van der Waals surface area contributed by atoms with Gasteiger partial charge in [-0.3, -0.25) is 14.6 Å². The Hall–Kier alpha value is -2.81. The van der Waals surface area contributed by atoms with Gasteiger partial charge in [0.25, 0.3) is 5.91 Å². The van der Waals surface area contributed by atoms with Crippen LogP contribution in [0.15, 0.2) is 54.6 Å². The first kappa shape index (κ1) is 21.4. The van der Waals surface area contributed by atoms with E-state index < -0.39 is 0 Å². The summed E-state index contributed by atoms with van der Waals surface area (Å²) in [6.07, 6.45) is 0. The van der Waals surface area contributed by atoms with Crippen molar-refractivity contribution < 1.29 is 9.53 Å². The van der Waals surface area contributed by atoms with Crippen LogP contribution in [0.1, 0.15) is 20.4 Å². The number of amides is 1. The lowest BCUT2D eigenvalue weighted by Crippen LogP contribution is -2.47. The molecule has 0 spiro atoms. The van der Waals surface area contributed by atoms with Crippen LogP contribution in [0.5, 0.6) is 5.75 Å². The fourth-order valence-electron chi connectivity index (χ4n) is 3.40. The summed E-state index contributed by atoms with van der Waals surface area (Å²) < 4.78 is 5.80. The molecule has 1 aliphatic heterocycles. The molecule has 1 N–H and O–H groups in total. The number of piperazine rings is 1. The molecule has 1 aliphatic rings. The van der Waals surface area contributed by atoms with E-state index in [1.54, 1.807) is 0 Å². The van der Waals surface area contributed by atoms with Crippen molar-refractivity contribution in [2.24, 2.45) is 0 Å². The molecule has 1 amide bonds. The Morgan fingerprint density at radius 3 is 2.45 bits per heavy atom. The third-order valence-electron chi connectivity index (χ3n) is 5.21. The topological polar surface area (TPSA) is 70.6 Å². The van der Waals surface area contributed by atoms with Gasteiger partial charge in [0.2, 0.25) is 5.01 Å². The second kappa shape index (κ2) is 10.5. The molecular formula is C23H27N5O2S. The molecule has 7 nitrogen and oxygen atoms in total. The van der Waals surface area contributed by atoms with Crippen LogP contribution in [-0.2, 0) is 6.54 Å². The maximum atomic E-state index is 12.4. The SMILES string of the molecule is Cc1ccc(NC(=O)c2nnc(CN3CCN(CCOc4ccccc4)CC3)s2)cc1. The van der Waals surface area contributed by atoms with E-state index in [-0.39, 0.29) is 5.91 Å². The third-order valence-corrected chi connectivity index (χ3v) is 6.12. The predicted octanol–water partition coefficient (Wildman–Crippen LogP) is 3.30. The number of hydrogen-bond acceptors (Lipinski definition) is 7. The van der Waals surface area contributed by atoms with E-state index in [0.717, 1.165) is 61.3 Å². The molecule has 1 aromatic heterocycles. The Labute approximate surface area is 186 Å². The van der Waals surface area contributed by atoms with E-state index in [1.807, 2.05) is 61.5 Å². The van der Waals surface area contributed by atoms with Gasteiger partial charge in [-0.15, -0.1) is 10.2 Å². The number of nitrogens with one attached hydrogen (secondary N) is 1. The minimum Gasteiger partial charge on any atom is -0.492 e. The zero-order valence-electron chi connectivity index (χ0n) is 17.7. The molecule has 0 radical (unpaired) electrons. The molecule has 0 atom stereocenters. The highest BCUT2D eigenvalue weighted by atomic mass is 32.1. The number of benzene rings is 2. The molecular weight excluding hydrogens is 410 g/mol. The molecule has 0 aliphatic carbocycles. The maximum absolute atomic E-state index is 12.4. The van der Waals surface area contributed by atoms with Crippen molar-refractivity contribution in [2.45, 2.75) is 13.5 Å². The Bertz CT molecular complexity index is 969. The molecule has 162 valence electrons. The first-order valence-corrected chi connectivity index (χ1v) is 11.3. The molecule has 2 heterocycles. The molecule has 4 rings (SSSR count). The van der Waals surface area contributed by atoms with Gasteiger partial charge in [0.1, 0.15) is 17.4 Å². The fraction of sp³-hybridized carbons (Fsp3) is 0.348. The summed E-state index contributed by atoms with van der Waals surface area (Å²) in [7, 11) is 0. The molecule has 3 aromatic rings. The van der Waals surface area contributed by atoms with Gasteiger partial charge in [0.15, 0.2) is 0 Å². The average Bonchev–Trinajstić information content (AvgIpc) is 3.26. The van der Waals surface area contributed by atoms with E-state index in [1.165, 1.54) is 11.3 Å². The lowest BCUT2D eigenvalue weighted by atomic mass is 10.2. The van der Waals surface area contributed by atoms with E-state index in [9.17, 15) is 4.79 Å². The minimum absolute atomic E-state index is 0.212. The van der Waals surface area contributed by atoms with Crippen LogP contribution in [0.3, 0.4) is 0 Å². The van der Waals surface area contributed by atoms with Crippen molar-refractivity contribution >= 4 is 22.9 Å². The zero-order valence-corrected chi connectivity index (χ0v) is 18.5. The number of aryl methyl sites for hydroxylation is 1. The molecule has 0 unspecified atom stereocenters. The van der Waals surface area contributed by atoms with Gasteiger partial charge in [0, 0.05) is 38.4 Å². The monoisotopic (exact) mass is 437 g/mol. The summed E-state index contributed by atoms with van der Waals surface area (Å²) in [5.74, 6) is 0.704. The van der Waals surface area contributed by atoms with Crippen molar-refractivity contribution in [3.8, 4) is 5.75 Å². The standard InChI is InChI=1S/C23H27N5O2S/c1-18-7-9-19(10-8-18)24-22(29)23-26-25-21(31-23)17-28-13-11-27(12-14-28)15-16-30-20-5-3-2-4-6-20/h2-10H,11-17H2,1H3,(H,24,29). The highest BCUT2D eigenvalue weighted by Crippen LogP contribution is 2.16. The summed E-state index contributed by atoms with van der Waals surface area (Å²) >= 11 is 1.36. The minimum atomic E-state index is -0.212. The first-order chi connectivity index (χ1) is 15.2. The normalized spacial score (nSPS) is 15.0. The summed E-state index contributed by atoms with van der Waals surface area (Å²) in [5, 5.41) is 12.4. The van der Waals surface area contributed by atoms with Gasteiger partial charge >= 0.3 is 0 Å². The first-order valence-electron chi connectivity index (χ1n) is 10.5. The highest BCUT2D eigenvalue weighted by molar-refractivity contribution is 7.13. The van der Waals surface area contributed by atoms with E-state index in [2.05, 4.69) is 25.3 Å². The number of ether oxygens (including phenoxy) is 1. The lowest BCUT2D eigenvalue weighted by Gasteiger charge is -2.34. The highest BCUT2D eigenvalue weighted by Gasteiger charge is 2.19. The van der Waals surface area contributed by atoms with Gasteiger partial charge in [-0.1, -0.05) is 47.2 Å². The zero-order chi connectivity index (χ0) is 21.5. The van der Waals surface area contributed by atoms with Crippen molar-refractivity contribution in [3.05, 3.63) is 70.2 Å².